The van der Waals surface area contributed by atoms with Gasteiger partial charge in [0.25, 0.3) is 5.91 Å². The fourth-order valence-electron chi connectivity index (χ4n) is 3.41. The fraction of sp³-hybridized carbons (Fsp3) is 0.611. The van der Waals surface area contributed by atoms with Crippen LogP contribution in [0.2, 0.25) is 5.02 Å². The molecule has 1 aliphatic heterocycles. The third kappa shape index (κ3) is 4.39. The molecule has 1 heterocycles. The van der Waals surface area contributed by atoms with Gasteiger partial charge in [-0.3, -0.25) is 4.79 Å². The summed E-state index contributed by atoms with van der Waals surface area (Å²) >= 11 is 6.13. The lowest BCUT2D eigenvalue weighted by Gasteiger charge is -2.34. The van der Waals surface area contributed by atoms with E-state index >= 15 is 0 Å². The normalized spacial score (nSPS) is 20.4. The number of carbonyl (C=O) groups is 1. The zero-order valence-corrected chi connectivity index (χ0v) is 14.8. The number of nitrogens with zero attached hydrogens (tertiary/aromatic N) is 1. The first kappa shape index (κ1) is 16.6. The Morgan fingerprint density at radius 1 is 1.39 bits per heavy atom. The molecule has 2 aliphatic rings. The van der Waals surface area contributed by atoms with Gasteiger partial charge in [0.15, 0.2) is 6.54 Å². The predicted molar refractivity (Wildman–Crippen MR) is 94.3 cm³/mol. The van der Waals surface area contributed by atoms with Crippen LogP contribution in [0.4, 0.5) is 5.69 Å². The summed E-state index contributed by atoms with van der Waals surface area (Å²) in [5.74, 6) is 0.920. The van der Waals surface area contributed by atoms with Crippen LogP contribution >= 0.6 is 11.6 Å². The number of hydrogen-bond donors (Lipinski definition) is 2. The van der Waals surface area contributed by atoms with E-state index in [1.165, 1.54) is 29.0 Å². The molecule has 0 aromatic heterocycles. The fourth-order valence-corrected chi connectivity index (χ4v) is 3.58. The summed E-state index contributed by atoms with van der Waals surface area (Å²) in [6, 6.07) is 6.40. The number of nitrogens with one attached hydrogen (secondary N) is 2. The summed E-state index contributed by atoms with van der Waals surface area (Å²) in [5.41, 5.74) is 2.48. The Labute approximate surface area is 143 Å². The van der Waals surface area contributed by atoms with E-state index in [9.17, 15) is 4.79 Å². The molecular formula is C18H27ClN3O+. The van der Waals surface area contributed by atoms with Crippen molar-refractivity contribution in [1.29, 1.82) is 0 Å². The number of piperazine rings is 1. The molecule has 3 rings (SSSR count). The molecule has 126 valence electrons. The minimum atomic E-state index is 0.201. The molecule has 0 unspecified atom stereocenters. The minimum absolute atomic E-state index is 0.201. The monoisotopic (exact) mass is 336 g/mol. The van der Waals surface area contributed by atoms with Gasteiger partial charge in [-0.15, -0.1) is 0 Å². The Balaban J connectivity index is 1.48. The molecule has 23 heavy (non-hydrogen) atoms. The topological polar surface area (TPSA) is 36.8 Å². The zero-order chi connectivity index (χ0) is 16.4. The second-order valence-electron chi connectivity index (χ2n) is 7.04. The smallest absolute Gasteiger partial charge is 0.275 e. The van der Waals surface area contributed by atoms with Gasteiger partial charge in [0.1, 0.15) is 0 Å². The third-order valence-corrected chi connectivity index (χ3v) is 5.35. The third-order valence-electron chi connectivity index (χ3n) is 5.11. The van der Waals surface area contributed by atoms with Crippen molar-refractivity contribution in [2.75, 3.05) is 37.6 Å². The lowest BCUT2D eigenvalue weighted by Crippen LogP contribution is -3.16. The van der Waals surface area contributed by atoms with Crippen molar-refractivity contribution >= 4 is 23.2 Å². The Morgan fingerprint density at radius 2 is 2.09 bits per heavy atom. The highest BCUT2D eigenvalue weighted by Crippen LogP contribution is 2.32. The highest BCUT2D eigenvalue weighted by Gasteiger charge is 2.30. The van der Waals surface area contributed by atoms with Crippen LogP contribution < -0.4 is 15.1 Å². The first-order chi connectivity index (χ1) is 11.0. The van der Waals surface area contributed by atoms with Crippen LogP contribution in [0.1, 0.15) is 25.3 Å². The average Bonchev–Trinajstić information content (AvgIpc) is 3.35. The summed E-state index contributed by atoms with van der Waals surface area (Å²) in [6.45, 7) is 8.79. The second kappa shape index (κ2) is 7.10. The zero-order valence-electron chi connectivity index (χ0n) is 14.1. The number of anilines is 1. The van der Waals surface area contributed by atoms with E-state index < -0.39 is 0 Å². The molecular weight excluding hydrogens is 310 g/mol. The van der Waals surface area contributed by atoms with Crippen molar-refractivity contribution in [2.24, 2.45) is 5.92 Å². The quantitative estimate of drug-likeness (QED) is 0.849. The van der Waals surface area contributed by atoms with Gasteiger partial charge in [0.05, 0.1) is 26.2 Å². The van der Waals surface area contributed by atoms with Gasteiger partial charge >= 0.3 is 0 Å². The van der Waals surface area contributed by atoms with Gasteiger partial charge in [-0.05, 0) is 50.3 Å². The van der Waals surface area contributed by atoms with Gasteiger partial charge in [-0.2, -0.15) is 0 Å². The van der Waals surface area contributed by atoms with Crippen molar-refractivity contribution in [3.63, 3.8) is 0 Å². The van der Waals surface area contributed by atoms with E-state index in [0.29, 0.717) is 12.6 Å². The Bertz CT molecular complexity index is 565. The lowest BCUT2D eigenvalue weighted by atomic mass is 10.1. The molecule has 4 nitrogen and oxygen atoms in total. The number of carbonyl (C=O) groups excluding carboxylic acids is 1. The summed E-state index contributed by atoms with van der Waals surface area (Å²) in [5, 5.41) is 3.94. The van der Waals surface area contributed by atoms with E-state index in [2.05, 4.69) is 30.1 Å². The van der Waals surface area contributed by atoms with Crippen molar-refractivity contribution in [2.45, 2.75) is 32.7 Å². The van der Waals surface area contributed by atoms with E-state index in [1.54, 1.807) is 0 Å². The number of rotatable bonds is 5. The Hall–Kier alpha value is -1.26. The molecule has 1 atom stereocenters. The first-order valence-electron chi connectivity index (χ1n) is 8.67. The van der Waals surface area contributed by atoms with Gasteiger partial charge in [-0.1, -0.05) is 17.7 Å². The molecule has 0 radical (unpaired) electrons. The van der Waals surface area contributed by atoms with Gasteiger partial charge in [-0.25, -0.2) is 0 Å². The van der Waals surface area contributed by atoms with Gasteiger partial charge in [0.2, 0.25) is 0 Å². The predicted octanol–water partition coefficient (Wildman–Crippen LogP) is 1.27. The highest BCUT2D eigenvalue weighted by molar-refractivity contribution is 6.30. The van der Waals surface area contributed by atoms with Crippen LogP contribution in [0.5, 0.6) is 0 Å². The summed E-state index contributed by atoms with van der Waals surface area (Å²) in [7, 11) is 0. The number of halogens is 1. The molecule has 1 aliphatic carbocycles. The van der Waals surface area contributed by atoms with Crippen LogP contribution in [0.15, 0.2) is 18.2 Å². The number of amides is 1. The number of hydrogen-bond acceptors (Lipinski definition) is 2. The molecule has 1 aromatic rings. The number of aryl methyl sites for hydroxylation is 1. The van der Waals surface area contributed by atoms with Crippen LogP contribution in [0.3, 0.4) is 0 Å². The average molecular weight is 337 g/mol. The molecule has 1 aromatic carbocycles. The molecule has 2 N–H and O–H groups in total. The lowest BCUT2D eigenvalue weighted by molar-refractivity contribution is -0.892. The number of quaternary nitrogens is 1. The largest absolute Gasteiger partial charge is 0.360 e. The van der Waals surface area contributed by atoms with Crippen molar-refractivity contribution in [3.05, 3.63) is 28.8 Å². The van der Waals surface area contributed by atoms with Crippen molar-refractivity contribution in [1.82, 2.24) is 5.32 Å². The molecule has 1 amide bonds. The summed E-state index contributed by atoms with van der Waals surface area (Å²) in [4.78, 5) is 15.9. The molecule has 5 heteroatoms. The van der Waals surface area contributed by atoms with Crippen LogP contribution in [0.25, 0.3) is 0 Å². The molecule has 0 bridgehead atoms. The molecule has 2 fully saturated rings. The van der Waals surface area contributed by atoms with Crippen LogP contribution in [0, 0.1) is 12.8 Å². The summed E-state index contributed by atoms with van der Waals surface area (Å²) < 4.78 is 0. The van der Waals surface area contributed by atoms with E-state index in [-0.39, 0.29) is 5.91 Å². The van der Waals surface area contributed by atoms with E-state index in [1.807, 2.05) is 12.1 Å². The van der Waals surface area contributed by atoms with Crippen LogP contribution in [-0.4, -0.2) is 44.7 Å². The van der Waals surface area contributed by atoms with Crippen LogP contribution in [-0.2, 0) is 4.79 Å². The Kier molecular flexibility index (Phi) is 5.12. The van der Waals surface area contributed by atoms with Crippen molar-refractivity contribution in [3.8, 4) is 0 Å². The SMILES string of the molecule is Cc1ccc(Cl)cc1N1CC[NH+](CC(=O)N[C@@H](C)C2CC2)CC1. The minimum Gasteiger partial charge on any atom is -0.360 e. The maximum atomic E-state index is 12.1. The second-order valence-corrected chi connectivity index (χ2v) is 7.47. The number of benzene rings is 1. The maximum absolute atomic E-state index is 12.1. The van der Waals surface area contributed by atoms with Gasteiger partial charge in [0, 0.05) is 16.8 Å². The molecule has 0 spiro atoms. The molecule has 1 saturated carbocycles. The Morgan fingerprint density at radius 3 is 2.74 bits per heavy atom. The maximum Gasteiger partial charge on any atom is 0.275 e. The summed E-state index contributed by atoms with van der Waals surface area (Å²) in [6.07, 6.45) is 2.54. The standard InChI is InChI=1S/C18H26ClN3O/c1-13-3-6-16(19)11-17(13)22-9-7-21(8-10-22)12-18(23)20-14(2)15-4-5-15/h3,6,11,14-15H,4-5,7-10,12H2,1-2H3,(H,20,23)/p+1/t14-/m0/s1. The first-order valence-corrected chi connectivity index (χ1v) is 9.05. The van der Waals surface area contributed by atoms with Crippen molar-refractivity contribution < 1.29 is 9.69 Å². The molecule has 1 saturated heterocycles. The highest BCUT2D eigenvalue weighted by atomic mass is 35.5. The van der Waals surface area contributed by atoms with Gasteiger partial charge < -0.3 is 15.1 Å². The van der Waals surface area contributed by atoms with E-state index in [4.69, 9.17) is 11.6 Å². The van der Waals surface area contributed by atoms with E-state index in [0.717, 1.165) is 37.1 Å².